The van der Waals surface area contributed by atoms with Gasteiger partial charge in [-0.3, -0.25) is 0 Å². The Labute approximate surface area is 152 Å². The molecule has 0 unspecified atom stereocenters. The maximum Gasteiger partial charge on any atom is 0.163 e. The molecule has 3 nitrogen and oxygen atoms in total. The van der Waals surface area contributed by atoms with Gasteiger partial charge >= 0.3 is 0 Å². The molecule has 5 aliphatic rings. The summed E-state index contributed by atoms with van der Waals surface area (Å²) in [4.78, 5) is 0. The highest BCUT2D eigenvalue weighted by molar-refractivity contribution is 5.18. The Balaban J connectivity index is 1.54. The fourth-order valence-corrected chi connectivity index (χ4v) is 8.89. The molecule has 3 heteroatoms. The molecular weight excluding hydrogens is 312 g/mol. The molecule has 0 radical (unpaired) electrons. The predicted molar refractivity (Wildman–Crippen MR) is 97.0 cm³/mol. The first kappa shape index (κ1) is 17.0. The first-order chi connectivity index (χ1) is 11.9. The molecule has 0 aromatic heterocycles. The summed E-state index contributed by atoms with van der Waals surface area (Å²) in [5, 5.41) is 11.0. The van der Waals surface area contributed by atoms with Gasteiger partial charge in [0.05, 0.1) is 12.2 Å². The fourth-order valence-electron chi connectivity index (χ4n) is 8.89. The molecule has 0 aromatic rings. The molecule has 1 heterocycles. The van der Waals surface area contributed by atoms with Gasteiger partial charge in [-0.1, -0.05) is 13.3 Å². The summed E-state index contributed by atoms with van der Waals surface area (Å²) in [5.41, 5.74) is 0.499. The molecule has 4 saturated carbocycles. The monoisotopic (exact) mass is 348 g/mol. The summed E-state index contributed by atoms with van der Waals surface area (Å²) in [7, 11) is 0. The summed E-state index contributed by atoms with van der Waals surface area (Å²) in [5.74, 6) is 2.04. The summed E-state index contributed by atoms with van der Waals surface area (Å²) >= 11 is 0. The normalized spacial score (nSPS) is 60.0. The van der Waals surface area contributed by atoms with E-state index in [0.717, 1.165) is 31.5 Å². The van der Waals surface area contributed by atoms with Crippen LogP contribution >= 0.6 is 0 Å². The van der Waals surface area contributed by atoms with E-state index in [9.17, 15) is 5.11 Å². The summed E-state index contributed by atoms with van der Waals surface area (Å²) in [6.45, 7) is 8.32. The van der Waals surface area contributed by atoms with E-state index in [0.29, 0.717) is 16.7 Å². The highest BCUT2D eigenvalue weighted by Gasteiger charge is 2.70. The standard InChI is InChI=1S/C22H36O3/c1-4-24-18-19(2)9-5-10-22(14-25-18)16(19)8-11-21-12-15(6-7-17(21)22)20(3,23)13-21/h15-18,23H,4-14H2,1-3H3/t15-,16-,17-,18+,19+,20-,21+,22+/m1/s1. The minimum absolute atomic E-state index is 0.00648. The molecule has 8 atom stereocenters. The summed E-state index contributed by atoms with van der Waals surface area (Å²) in [6.07, 6.45) is 11.4. The van der Waals surface area contributed by atoms with Crippen molar-refractivity contribution in [3.63, 3.8) is 0 Å². The lowest BCUT2D eigenvalue weighted by Gasteiger charge is -2.68. The largest absolute Gasteiger partial charge is 0.390 e. The van der Waals surface area contributed by atoms with Crippen LogP contribution in [0.4, 0.5) is 0 Å². The zero-order valence-electron chi connectivity index (χ0n) is 16.4. The third kappa shape index (κ3) is 2.04. The van der Waals surface area contributed by atoms with Crippen LogP contribution < -0.4 is 0 Å². The molecule has 4 aliphatic carbocycles. The van der Waals surface area contributed by atoms with Gasteiger partial charge < -0.3 is 14.6 Å². The van der Waals surface area contributed by atoms with Crippen molar-refractivity contribution in [3.8, 4) is 0 Å². The van der Waals surface area contributed by atoms with Crippen molar-refractivity contribution in [1.82, 2.24) is 0 Å². The van der Waals surface area contributed by atoms with Gasteiger partial charge in [0.25, 0.3) is 0 Å². The van der Waals surface area contributed by atoms with Gasteiger partial charge in [0.2, 0.25) is 0 Å². The van der Waals surface area contributed by atoms with Crippen LogP contribution in [0.15, 0.2) is 0 Å². The number of ether oxygens (including phenoxy) is 2. The van der Waals surface area contributed by atoms with Crippen LogP contribution in [0.25, 0.3) is 0 Å². The maximum atomic E-state index is 11.0. The smallest absolute Gasteiger partial charge is 0.163 e. The number of hydrogen-bond donors (Lipinski definition) is 1. The van der Waals surface area contributed by atoms with E-state index in [1.165, 1.54) is 51.4 Å². The lowest BCUT2D eigenvalue weighted by molar-refractivity contribution is -0.328. The Morgan fingerprint density at radius 2 is 1.92 bits per heavy atom. The van der Waals surface area contributed by atoms with E-state index >= 15 is 0 Å². The molecule has 1 spiro atoms. The lowest BCUT2D eigenvalue weighted by atomic mass is 9.39. The summed E-state index contributed by atoms with van der Waals surface area (Å²) < 4.78 is 12.6. The Morgan fingerprint density at radius 1 is 1.08 bits per heavy atom. The lowest BCUT2D eigenvalue weighted by Crippen LogP contribution is -2.66. The van der Waals surface area contributed by atoms with Crippen molar-refractivity contribution in [3.05, 3.63) is 0 Å². The van der Waals surface area contributed by atoms with E-state index in [2.05, 4.69) is 20.8 Å². The van der Waals surface area contributed by atoms with Crippen molar-refractivity contribution in [2.45, 2.75) is 90.4 Å². The second-order valence-electron chi connectivity index (χ2n) is 10.7. The zero-order valence-corrected chi connectivity index (χ0v) is 16.4. The Morgan fingerprint density at radius 3 is 2.72 bits per heavy atom. The number of fused-ring (bicyclic) bond motifs is 1. The molecule has 25 heavy (non-hydrogen) atoms. The van der Waals surface area contributed by atoms with Crippen LogP contribution in [0, 0.1) is 34.0 Å². The Kier molecular flexibility index (Phi) is 3.56. The average Bonchev–Trinajstić information content (AvgIpc) is 2.74. The first-order valence-electron chi connectivity index (χ1n) is 10.8. The van der Waals surface area contributed by atoms with Gasteiger partial charge in [0.15, 0.2) is 6.29 Å². The van der Waals surface area contributed by atoms with E-state index in [-0.39, 0.29) is 11.7 Å². The zero-order chi connectivity index (χ0) is 17.5. The highest BCUT2D eigenvalue weighted by atomic mass is 16.7. The SMILES string of the molecule is CCO[C@H]1OC[C@@]23CCC[C@@]1(C)[C@H]2CC[C@@]12C[C@@H](CC[C@H]13)[C@](C)(O)C2. The molecule has 0 amide bonds. The van der Waals surface area contributed by atoms with E-state index in [1.807, 2.05) is 0 Å². The Bertz CT molecular complexity index is 559. The number of rotatable bonds is 2. The van der Waals surface area contributed by atoms with Gasteiger partial charge in [-0.2, -0.15) is 0 Å². The molecule has 0 aromatic carbocycles. The van der Waals surface area contributed by atoms with Crippen LogP contribution in [0.5, 0.6) is 0 Å². The first-order valence-corrected chi connectivity index (χ1v) is 10.8. The molecule has 5 rings (SSSR count). The van der Waals surface area contributed by atoms with E-state index in [4.69, 9.17) is 9.47 Å². The minimum atomic E-state index is -0.431. The van der Waals surface area contributed by atoms with Crippen molar-refractivity contribution in [2.75, 3.05) is 13.2 Å². The minimum Gasteiger partial charge on any atom is -0.390 e. The van der Waals surface area contributed by atoms with Crippen LogP contribution in [0.3, 0.4) is 0 Å². The molecule has 1 aliphatic heterocycles. The maximum absolute atomic E-state index is 11.0. The second kappa shape index (κ2) is 5.23. The van der Waals surface area contributed by atoms with Crippen molar-refractivity contribution >= 4 is 0 Å². The third-order valence-corrected chi connectivity index (χ3v) is 9.62. The topological polar surface area (TPSA) is 38.7 Å². The van der Waals surface area contributed by atoms with Crippen LogP contribution in [0.2, 0.25) is 0 Å². The summed E-state index contributed by atoms with van der Waals surface area (Å²) in [6, 6.07) is 0. The van der Waals surface area contributed by atoms with Gasteiger partial charge in [-0.05, 0) is 88.4 Å². The molecular formula is C22H36O3. The second-order valence-corrected chi connectivity index (χ2v) is 10.7. The van der Waals surface area contributed by atoms with Crippen molar-refractivity contribution in [2.24, 2.45) is 34.0 Å². The van der Waals surface area contributed by atoms with Crippen molar-refractivity contribution in [1.29, 1.82) is 0 Å². The molecule has 4 bridgehead atoms. The molecule has 1 saturated heterocycles. The Hall–Kier alpha value is -0.120. The molecule has 142 valence electrons. The van der Waals surface area contributed by atoms with Crippen LogP contribution in [-0.2, 0) is 9.47 Å². The van der Waals surface area contributed by atoms with Gasteiger partial charge in [0, 0.05) is 17.4 Å². The fraction of sp³-hybridized carbons (Fsp3) is 1.00. The molecule has 5 fully saturated rings. The third-order valence-electron chi connectivity index (χ3n) is 9.62. The number of aliphatic hydroxyl groups is 1. The van der Waals surface area contributed by atoms with Crippen LogP contribution in [-0.4, -0.2) is 30.2 Å². The van der Waals surface area contributed by atoms with E-state index < -0.39 is 5.60 Å². The quantitative estimate of drug-likeness (QED) is 0.797. The van der Waals surface area contributed by atoms with Crippen LogP contribution in [0.1, 0.15) is 78.6 Å². The molecule has 1 N–H and O–H groups in total. The van der Waals surface area contributed by atoms with E-state index in [1.54, 1.807) is 0 Å². The van der Waals surface area contributed by atoms with Crippen molar-refractivity contribution < 1.29 is 14.6 Å². The van der Waals surface area contributed by atoms with Gasteiger partial charge in [0.1, 0.15) is 0 Å². The van der Waals surface area contributed by atoms with Gasteiger partial charge in [-0.25, -0.2) is 0 Å². The number of hydrogen-bond acceptors (Lipinski definition) is 3. The van der Waals surface area contributed by atoms with Gasteiger partial charge in [-0.15, -0.1) is 0 Å². The average molecular weight is 349 g/mol. The highest BCUT2D eigenvalue weighted by Crippen LogP contribution is 2.74. The predicted octanol–water partition coefficient (Wildman–Crippen LogP) is 4.52.